The van der Waals surface area contributed by atoms with E-state index in [1.807, 2.05) is 0 Å². The Morgan fingerprint density at radius 2 is 0.882 bits per heavy atom. The van der Waals surface area contributed by atoms with Crippen LogP contribution < -0.4 is 0 Å². The standard InChI is InChI=1S/C10H24Cl4Si3/c1-15(2,11)7-5-9-17(13,14)10-6-8-16(3,4)12/h5-10H2,1-4H3. The second-order valence-electron chi connectivity index (χ2n) is 6.00. The van der Waals surface area contributed by atoms with Gasteiger partial charge in [-0.25, -0.2) is 0 Å². The maximum atomic E-state index is 6.44. The number of hydrogen-bond donors (Lipinski definition) is 0. The molecule has 0 atom stereocenters. The minimum absolute atomic E-state index is 0.976. The second-order valence-corrected chi connectivity index (χ2v) is 27.6. The third-order valence-electron chi connectivity index (χ3n) is 2.63. The zero-order valence-corrected chi connectivity index (χ0v) is 17.3. The van der Waals surface area contributed by atoms with Gasteiger partial charge in [0.25, 0.3) is 6.69 Å². The number of halogens is 4. The Morgan fingerprint density at radius 3 is 1.12 bits per heavy atom. The van der Waals surface area contributed by atoms with Gasteiger partial charge in [-0.3, -0.25) is 0 Å². The average molecular weight is 370 g/mol. The van der Waals surface area contributed by atoms with Crippen LogP contribution >= 0.6 is 44.3 Å². The van der Waals surface area contributed by atoms with Gasteiger partial charge in [0.05, 0.1) is 0 Å². The molecule has 0 rings (SSSR count). The first-order chi connectivity index (χ1) is 7.41. The largest absolute Gasteiger partial charge is 0.251 e. The van der Waals surface area contributed by atoms with Crippen LogP contribution in [0.2, 0.25) is 50.4 Å². The van der Waals surface area contributed by atoms with E-state index in [0.29, 0.717) is 0 Å². The van der Waals surface area contributed by atoms with Crippen molar-refractivity contribution in [3.05, 3.63) is 0 Å². The maximum absolute atomic E-state index is 6.44. The molecule has 7 heteroatoms. The second kappa shape index (κ2) is 7.56. The van der Waals surface area contributed by atoms with Crippen LogP contribution in [0.4, 0.5) is 0 Å². The summed E-state index contributed by atoms with van der Waals surface area (Å²) in [5, 5.41) is 0. The van der Waals surface area contributed by atoms with Crippen molar-refractivity contribution in [2.45, 2.75) is 63.2 Å². The fraction of sp³-hybridized carbons (Fsp3) is 1.00. The lowest BCUT2D eigenvalue weighted by Gasteiger charge is -2.20. The maximum Gasteiger partial charge on any atom is 0.251 e. The molecule has 0 radical (unpaired) electrons. The molecule has 0 spiro atoms. The molecule has 0 saturated heterocycles. The molecule has 0 saturated carbocycles. The zero-order chi connectivity index (χ0) is 13.7. The zero-order valence-electron chi connectivity index (χ0n) is 11.3. The highest BCUT2D eigenvalue weighted by Gasteiger charge is 2.30. The summed E-state index contributed by atoms with van der Waals surface area (Å²) in [6, 6.07) is 4.17. The van der Waals surface area contributed by atoms with Gasteiger partial charge in [-0.1, -0.05) is 39.0 Å². The van der Waals surface area contributed by atoms with Gasteiger partial charge in [0.1, 0.15) is 14.8 Å². The van der Waals surface area contributed by atoms with E-state index in [2.05, 4.69) is 26.2 Å². The molecule has 17 heavy (non-hydrogen) atoms. The lowest BCUT2D eigenvalue weighted by Crippen LogP contribution is -2.23. The van der Waals surface area contributed by atoms with Crippen LogP contribution in [0.5, 0.6) is 0 Å². The van der Waals surface area contributed by atoms with Gasteiger partial charge >= 0.3 is 0 Å². The van der Waals surface area contributed by atoms with E-state index in [-0.39, 0.29) is 0 Å². The normalized spacial score (nSPS) is 14.1. The van der Waals surface area contributed by atoms with Crippen LogP contribution in [-0.4, -0.2) is 21.5 Å². The molecule has 0 unspecified atom stereocenters. The molecule has 0 bridgehead atoms. The van der Waals surface area contributed by atoms with Gasteiger partial charge < -0.3 is 0 Å². The lowest BCUT2D eigenvalue weighted by atomic mass is 10.6. The highest BCUT2D eigenvalue weighted by molar-refractivity contribution is 7.45. The monoisotopic (exact) mass is 368 g/mol. The summed E-state index contributed by atoms with van der Waals surface area (Å²) in [4.78, 5) is 0. The fourth-order valence-electron chi connectivity index (χ4n) is 1.66. The highest BCUT2D eigenvalue weighted by Crippen LogP contribution is 2.33. The van der Waals surface area contributed by atoms with Crippen molar-refractivity contribution in [1.82, 2.24) is 0 Å². The smallest absolute Gasteiger partial charge is 0.168 e. The van der Waals surface area contributed by atoms with Crippen LogP contribution in [0, 0.1) is 0 Å². The third-order valence-corrected chi connectivity index (χ3v) is 11.3. The first-order valence-electron chi connectivity index (χ1n) is 6.17. The summed E-state index contributed by atoms with van der Waals surface area (Å²) in [5.41, 5.74) is 0. The fourth-order valence-corrected chi connectivity index (χ4v) is 8.45. The number of rotatable bonds is 8. The van der Waals surface area contributed by atoms with Gasteiger partial charge in [-0.15, -0.1) is 22.2 Å². The Balaban J connectivity index is 3.81. The first-order valence-corrected chi connectivity index (χ1v) is 19.0. The summed E-state index contributed by atoms with van der Waals surface area (Å²) in [5.74, 6) is 0. The predicted octanol–water partition coefficient (Wildman–Crippen LogP) is 6.57. The van der Waals surface area contributed by atoms with Crippen molar-refractivity contribution in [2.75, 3.05) is 0 Å². The molecular weight excluding hydrogens is 346 g/mol. The third kappa shape index (κ3) is 14.0. The van der Waals surface area contributed by atoms with Crippen molar-refractivity contribution in [3.8, 4) is 0 Å². The van der Waals surface area contributed by atoms with Crippen molar-refractivity contribution < 1.29 is 0 Å². The van der Waals surface area contributed by atoms with Gasteiger partial charge in [-0.05, 0) is 24.2 Å². The Labute approximate surface area is 128 Å². The highest BCUT2D eigenvalue weighted by atomic mass is 35.7. The van der Waals surface area contributed by atoms with Gasteiger partial charge in [0, 0.05) is 0 Å². The molecule has 0 amide bonds. The van der Waals surface area contributed by atoms with E-state index in [9.17, 15) is 0 Å². The van der Waals surface area contributed by atoms with E-state index in [1.165, 1.54) is 0 Å². The molecule has 0 aromatic rings. The minimum atomic E-state index is -2.03. The molecule has 0 aliphatic rings. The first kappa shape index (κ1) is 18.8. The minimum Gasteiger partial charge on any atom is -0.168 e. The molecular formula is C10H24Cl4Si3. The predicted molar refractivity (Wildman–Crippen MR) is 92.6 cm³/mol. The molecule has 0 nitrogen and oxygen atoms in total. The van der Waals surface area contributed by atoms with Crippen LogP contribution in [-0.2, 0) is 0 Å². The Morgan fingerprint density at radius 1 is 0.588 bits per heavy atom. The molecule has 0 aromatic carbocycles. The summed E-state index contributed by atoms with van der Waals surface area (Å²) < 4.78 is 0. The van der Waals surface area contributed by atoms with Crippen LogP contribution in [0.15, 0.2) is 0 Å². The Hall–Kier alpha value is 1.81. The Kier molecular flexibility index (Phi) is 8.36. The van der Waals surface area contributed by atoms with Gasteiger partial charge in [0.2, 0.25) is 0 Å². The van der Waals surface area contributed by atoms with E-state index in [0.717, 1.165) is 37.0 Å². The van der Waals surface area contributed by atoms with Crippen molar-refractivity contribution >= 4 is 65.8 Å². The van der Waals surface area contributed by atoms with Crippen LogP contribution in [0.25, 0.3) is 0 Å². The average Bonchev–Trinajstić information content (AvgIpc) is 1.96. The summed E-state index contributed by atoms with van der Waals surface area (Å²) in [6.45, 7) is 6.64. The molecule has 0 fully saturated rings. The van der Waals surface area contributed by atoms with Crippen LogP contribution in [0.3, 0.4) is 0 Å². The Bertz CT molecular complexity index is 199. The molecule has 0 aliphatic heterocycles. The van der Waals surface area contributed by atoms with E-state index >= 15 is 0 Å². The van der Waals surface area contributed by atoms with E-state index in [4.69, 9.17) is 44.3 Å². The van der Waals surface area contributed by atoms with Gasteiger partial charge in [0.15, 0.2) is 0 Å². The quantitative estimate of drug-likeness (QED) is 0.335. The molecule has 0 aromatic heterocycles. The molecule has 0 N–H and O–H groups in total. The van der Waals surface area contributed by atoms with E-state index in [1.54, 1.807) is 0 Å². The lowest BCUT2D eigenvalue weighted by molar-refractivity contribution is 0.990. The number of hydrogen-bond acceptors (Lipinski definition) is 0. The van der Waals surface area contributed by atoms with Crippen molar-refractivity contribution in [1.29, 1.82) is 0 Å². The summed E-state index contributed by atoms with van der Waals surface area (Å²) >= 11 is 25.5. The van der Waals surface area contributed by atoms with Crippen molar-refractivity contribution in [3.63, 3.8) is 0 Å². The SMILES string of the molecule is C[Si](C)(Cl)CCC[Si](Cl)(Cl)CCC[Si](C)(C)Cl. The molecule has 104 valence electrons. The summed E-state index contributed by atoms with van der Waals surface area (Å²) in [7, 11) is -2.91. The molecule has 0 aliphatic carbocycles. The summed E-state index contributed by atoms with van der Waals surface area (Å²) in [6.07, 6.45) is 2.17. The topological polar surface area (TPSA) is 0 Å². The van der Waals surface area contributed by atoms with E-state index < -0.39 is 21.5 Å². The molecule has 0 heterocycles. The van der Waals surface area contributed by atoms with Gasteiger partial charge in [-0.2, -0.15) is 22.2 Å². The van der Waals surface area contributed by atoms with Crippen molar-refractivity contribution in [2.24, 2.45) is 0 Å². The van der Waals surface area contributed by atoms with Crippen LogP contribution in [0.1, 0.15) is 12.8 Å².